The average molecular weight is 382 g/mol. The molecule has 0 bridgehead atoms. The van der Waals surface area contributed by atoms with E-state index in [9.17, 15) is 4.79 Å². The maximum atomic E-state index is 10.8. The van der Waals surface area contributed by atoms with E-state index in [0.717, 1.165) is 25.6 Å². The highest BCUT2D eigenvalue weighted by Crippen LogP contribution is 2.28. The second-order valence-corrected chi connectivity index (χ2v) is 5.55. The van der Waals surface area contributed by atoms with E-state index in [2.05, 4.69) is 41.3 Å². The van der Waals surface area contributed by atoms with E-state index in [0.29, 0.717) is 18.5 Å². The standard InChI is InChI=1S/C13H26N4O.HI/c1-5-14-12(16-8-7-15-11(2)18)17-9-6-13(3,4)10-17;/h5-10H2,1-4H3,(H,14,16)(H,15,18);1H. The Morgan fingerprint density at radius 3 is 2.53 bits per heavy atom. The van der Waals surface area contributed by atoms with Crippen molar-refractivity contribution in [3.63, 3.8) is 0 Å². The summed E-state index contributed by atoms with van der Waals surface area (Å²) in [5.74, 6) is 0.964. The second-order valence-electron chi connectivity index (χ2n) is 5.55. The molecule has 5 nitrogen and oxygen atoms in total. The number of guanidine groups is 1. The number of carbonyl (C=O) groups is 1. The first-order chi connectivity index (χ1) is 8.44. The van der Waals surface area contributed by atoms with Gasteiger partial charge in [0.2, 0.25) is 5.91 Å². The molecule has 0 radical (unpaired) electrons. The fourth-order valence-electron chi connectivity index (χ4n) is 2.11. The van der Waals surface area contributed by atoms with Gasteiger partial charge in [-0.3, -0.25) is 9.79 Å². The minimum atomic E-state index is -0.00231. The number of hydrogen-bond donors (Lipinski definition) is 2. The van der Waals surface area contributed by atoms with E-state index >= 15 is 0 Å². The summed E-state index contributed by atoms with van der Waals surface area (Å²) < 4.78 is 0. The van der Waals surface area contributed by atoms with Crippen LogP contribution < -0.4 is 10.6 Å². The Hall–Kier alpha value is -0.530. The zero-order valence-electron chi connectivity index (χ0n) is 12.5. The van der Waals surface area contributed by atoms with Crippen LogP contribution in [-0.2, 0) is 4.79 Å². The van der Waals surface area contributed by atoms with Gasteiger partial charge >= 0.3 is 0 Å². The van der Waals surface area contributed by atoms with Crippen LogP contribution in [0, 0.1) is 5.41 Å². The third-order valence-corrected chi connectivity index (χ3v) is 3.06. The Balaban J connectivity index is 0.00000324. The molecule has 0 aromatic heterocycles. The van der Waals surface area contributed by atoms with Gasteiger partial charge in [-0.05, 0) is 18.8 Å². The minimum absolute atomic E-state index is 0. The number of likely N-dealkylation sites (tertiary alicyclic amines) is 1. The van der Waals surface area contributed by atoms with Crippen molar-refractivity contribution in [3.05, 3.63) is 0 Å². The Kier molecular flexibility index (Phi) is 8.36. The molecule has 0 spiro atoms. The van der Waals surface area contributed by atoms with Crippen LogP contribution in [0.25, 0.3) is 0 Å². The number of rotatable bonds is 4. The van der Waals surface area contributed by atoms with Gasteiger partial charge in [0.1, 0.15) is 0 Å². The number of amides is 1. The fraction of sp³-hybridized carbons (Fsp3) is 0.846. The van der Waals surface area contributed by atoms with Crippen molar-refractivity contribution >= 4 is 35.8 Å². The van der Waals surface area contributed by atoms with E-state index in [-0.39, 0.29) is 29.9 Å². The SMILES string of the molecule is CCNC(=NCCNC(C)=O)N1CCC(C)(C)C1.I. The topological polar surface area (TPSA) is 56.7 Å². The first-order valence-corrected chi connectivity index (χ1v) is 6.72. The van der Waals surface area contributed by atoms with Gasteiger partial charge in [0, 0.05) is 33.1 Å². The quantitative estimate of drug-likeness (QED) is 0.335. The van der Waals surface area contributed by atoms with Gasteiger partial charge in [-0.1, -0.05) is 13.8 Å². The molecule has 1 fully saturated rings. The molecule has 112 valence electrons. The lowest BCUT2D eigenvalue weighted by Crippen LogP contribution is -2.41. The van der Waals surface area contributed by atoms with E-state index < -0.39 is 0 Å². The Morgan fingerprint density at radius 2 is 2.05 bits per heavy atom. The molecule has 1 saturated heterocycles. The van der Waals surface area contributed by atoms with Crippen LogP contribution in [-0.4, -0.2) is 49.5 Å². The monoisotopic (exact) mass is 382 g/mol. The number of halogens is 1. The summed E-state index contributed by atoms with van der Waals surface area (Å²) in [7, 11) is 0. The van der Waals surface area contributed by atoms with Crippen molar-refractivity contribution < 1.29 is 4.79 Å². The highest BCUT2D eigenvalue weighted by molar-refractivity contribution is 14.0. The zero-order chi connectivity index (χ0) is 13.6. The van der Waals surface area contributed by atoms with Gasteiger partial charge < -0.3 is 15.5 Å². The molecule has 0 aliphatic carbocycles. The summed E-state index contributed by atoms with van der Waals surface area (Å²) in [5, 5.41) is 6.07. The summed E-state index contributed by atoms with van der Waals surface area (Å²) in [5.41, 5.74) is 0.369. The summed E-state index contributed by atoms with van der Waals surface area (Å²) in [6.45, 7) is 12.4. The van der Waals surface area contributed by atoms with E-state index in [1.807, 2.05) is 0 Å². The lowest BCUT2D eigenvalue weighted by atomic mass is 9.93. The normalized spacial score (nSPS) is 17.9. The summed E-state index contributed by atoms with van der Waals surface area (Å²) in [4.78, 5) is 17.6. The lowest BCUT2D eigenvalue weighted by Gasteiger charge is -2.23. The van der Waals surface area contributed by atoms with Crippen LogP contribution in [0.2, 0.25) is 0 Å². The molecule has 0 aromatic carbocycles. The van der Waals surface area contributed by atoms with E-state index in [4.69, 9.17) is 0 Å². The van der Waals surface area contributed by atoms with Gasteiger partial charge in [-0.25, -0.2) is 0 Å². The summed E-state index contributed by atoms with van der Waals surface area (Å²) in [6, 6.07) is 0. The Bertz CT molecular complexity index is 318. The molecule has 0 atom stereocenters. The maximum Gasteiger partial charge on any atom is 0.216 e. The highest BCUT2D eigenvalue weighted by atomic mass is 127. The molecule has 1 rings (SSSR count). The van der Waals surface area contributed by atoms with E-state index in [1.54, 1.807) is 0 Å². The minimum Gasteiger partial charge on any atom is -0.357 e. The smallest absolute Gasteiger partial charge is 0.216 e. The lowest BCUT2D eigenvalue weighted by molar-refractivity contribution is -0.118. The highest BCUT2D eigenvalue weighted by Gasteiger charge is 2.30. The Labute approximate surface area is 133 Å². The molecule has 1 heterocycles. The van der Waals surface area contributed by atoms with Crippen LogP contribution in [0.5, 0.6) is 0 Å². The summed E-state index contributed by atoms with van der Waals surface area (Å²) >= 11 is 0. The largest absolute Gasteiger partial charge is 0.357 e. The first-order valence-electron chi connectivity index (χ1n) is 6.72. The van der Waals surface area contributed by atoms with Crippen LogP contribution in [0.15, 0.2) is 4.99 Å². The molecule has 0 aromatic rings. The van der Waals surface area contributed by atoms with Crippen molar-refractivity contribution in [2.45, 2.75) is 34.1 Å². The van der Waals surface area contributed by atoms with Crippen molar-refractivity contribution in [3.8, 4) is 0 Å². The molecular formula is C13H27IN4O. The molecule has 6 heteroatoms. The summed E-state index contributed by atoms with van der Waals surface area (Å²) in [6.07, 6.45) is 1.20. The van der Waals surface area contributed by atoms with Gasteiger partial charge in [0.25, 0.3) is 0 Å². The molecule has 1 aliphatic rings. The Morgan fingerprint density at radius 1 is 1.37 bits per heavy atom. The molecule has 2 N–H and O–H groups in total. The van der Waals surface area contributed by atoms with Crippen molar-refractivity contribution in [1.82, 2.24) is 15.5 Å². The van der Waals surface area contributed by atoms with Crippen LogP contribution in [0.4, 0.5) is 0 Å². The van der Waals surface area contributed by atoms with Gasteiger partial charge in [-0.2, -0.15) is 0 Å². The molecule has 19 heavy (non-hydrogen) atoms. The number of nitrogens with one attached hydrogen (secondary N) is 2. The second kappa shape index (κ2) is 8.60. The number of carbonyl (C=O) groups excluding carboxylic acids is 1. The molecule has 1 aliphatic heterocycles. The van der Waals surface area contributed by atoms with E-state index in [1.165, 1.54) is 13.3 Å². The van der Waals surface area contributed by atoms with Crippen molar-refractivity contribution in [1.29, 1.82) is 0 Å². The predicted molar refractivity (Wildman–Crippen MR) is 90.0 cm³/mol. The van der Waals surface area contributed by atoms with Crippen LogP contribution in [0.1, 0.15) is 34.1 Å². The third-order valence-electron chi connectivity index (χ3n) is 3.06. The van der Waals surface area contributed by atoms with Crippen LogP contribution in [0.3, 0.4) is 0 Å². The molecular weight excluding hydrogens is 355 g/mol. The maximum absolute atomic E-state index is 10.8. The molecule has 0 unspecified atom stereocenters. The third kappa shape index (κ3) is 6.98. The van der Waals surface area contributed by atoms with Gasteiger partial charge in [-0.15, -0.1) is 24.0 Å². The van der Waals surface area contributed by atoms with Crippen molar-refractivity contribution in [2.24, 2.45) is 10.4 Å². The zero-order valence-corrected chi connectivity index (χ0v) is 14.8. The molecule has 0 saturated carbocycles. The molecule has 1 amide bonds. The number of aliphatic imine (C=N–C) groups is 1. The number of hydrogen-bond acceptors (Lipinski definition) is 2. The predicted octanol–water partition coefficient (Wildman–Crippen LogP) is 1.44. The fourth-order valence-corrected chi connectivity index (χ4v) is 2.11. The average Bonchev–Trinajstić information content (AvgIpc) is 2.63. The van der Waals surface area contributed by atoms with Crippen LogP contribution >= 0.6 is 24.0 Å². The van der Waals surface area contributed by atoms with Gasteiger partial charge in [0.05, 0.1) is 6.54 Å². The number of nitrogens with zero attached hydrogens (tertiary/aromatic N) is 2. The van der Waals surface area contributed by atoms with Gasteiger partial charge in [0.15, 0.2) is 5.96 Å². The van der Waals surface area contributed by atoms with Crippen molar-refractivity contribution in [2.75, 3.05) is 32.7 Å². The first kappa shape index (κ1) is 18.5.